The third kappa shape index (κ3) is 1.77. The number of anilines is 1. The van der Waals surface area contributed by atoms with Crippen LogP contribution in [0.4, 0.5) is 5.82 Å². The molecule has 0 unspecified atom stereocenters. The van der Waals surface area contributed by atoms with Gasteiger partial charge in [0.15, 0.2) is 11.5 Å². The molecule has 0 radical (unpaired) electrons. The van der Waals surface area contributed by atoms with E-state index < -0.39 is 5.97 Å². The fraction of sp³-hybridized carbons (Fsp3) is 0.455. The van der Waals surface area contributed by atoms with Gasteiger partial charge in [-0.05, 0) is 12.8 Å². The standard InChI is InChI=1S/C11H13N5O2/c17-11(18)7-2-1-3-16(4-7)10-8-9(13-5-12-8)14-6-15-10/h5-7H,1-4H2,(H,17,18)(H,12,13,14,15)/t7-/m0/s1. The van der Waals surface area contributed by atoms with E-state index in [9.17, 15) is 4.79 Å². The normalized spacial score (nSPS) is 20.2. The number of piperidine rings is 1. The van der Waals surface area contributed by atoms with Crippen LogP contribution in [0, 0.1) is 5.92 Å². The van der Waals surface area contributed by atoms with Crippen LogP contribution in [0.1, 0.15) is 12.8 Å². The van der Waals surface area contributed by atoms with Crippen molar-refractivity contribution in [1.82, 2.24) is 19.9 Å². The Bertz CT molecular complexity index is 582. The number of imidazole rings is 1. The van der Waals surface area contributed by atoms with E-state index in [2.05, 4.69) is 19.9 Å². The molecule has 1 aliphatic rings. The summed E-state index contributed by atoms with van der Waals surface area (Å²) < 4.78 is 0. The molecule has 0 aliphatic carbocycles. The smallest absolute Gasteiger partial charge is 0.308 e. The first kappa shape index (κ1) is 10.9. The molecule has 7 nitrogen and oxygen atoms in total. The van der Waals surface area contributed by atoms with Crippen LogP contribution in [-0.2, 0) is 4.79 Å². The highest BCUT2D eigenvalue weighted by Gasteiger charge is 2.27. The molecule has 1 fully saturated rings. The molecule has 0 aromatic carbocycles. The van der Waals surface area contributed by atoms with Gasteiger partial charge >= 0.3 is 5.97 Å². The van der Waals surface area contributed by atoms with E-state index in [4.69, 9.17) is 5.11 Å². The van der Waals surface area contributed by atoms with Crippen molar-refractivity contribution < 1.29 is 9.90 Å². The summed E-state index contributed by atoms with van der Waals surface area (Å²) in [5, 5.41) is 9.10. The number of H-pyrrole nitrogens is 1. The zero-order valence-corrected chi connectivity index (χ0v) is 9.70. The van der Waals surface area contributed by atoms with E-state index in [1.807, 2.05) is 4.90 Å². The third-order valence-corrected chi connectivity index (χ3v) is 3.27. The maximum atomic E-state index is 11.1. The minimum atomic E-state index is -0.741. The highest BCUT2D eigenvalue weighted by atomic mass is 16.4. The number of hydrogen-bond donors (Lipinski definition) is 2. The number of carbonyl (C=O) groups is 1. The predicted octanol–water partition coefficient (Wildman–Crippen LogP) is 0.654. The van der Waals surface area contributed by atoms with Gasteiger partial charge in [-0.2, -0.15) is 0 Å². The van der Waals surface area contributed by atoms with Gasteiger partial charge in [0.05, 0.1) is 12.2 Å². The maximum Gasteiger partial charge on any atom is 0.308 e. The zero-order chi connectivity index (χ0) is 12.5. The van der Waals surface area contributed by atoms with Crippen molar-refractivity contribution in [2.24, 2.45) is 5.92 Å². The van der Waals surface area contributed by atoms with Crippen LogP contribution in [0.3, 0.4) is 0 Å². The number of carboxylic acid groups (broad SMARTS) is 1. The highest BCUT2D eigenvalue weighted by molar-refractivity contribution is 5.83. The maximum absolute atomic E-state index is 11.1. The molecule has 3 heterocycles. The number of carboxylic acids is 1. The number of fused-ring (bicyclic) bond motifs is 1. The summed E-state index contributed by atoms with van der Waals surface area (Å²) in [6.07, 6.45) is 4.62. The topological polar surface area (TPSA) is 95.0 Å². The van der Waals surface area contributed by atoms with Crippen molar-refractivity contribution in [3.05, 3.63) is 12.7 Å². The third-order valence-electron chi connectivity index (χ3n) is 3.27. The van der Waals surface area contributed by atoms with E-state index in [1.54, 1.807) is 6.33 Å². The van der Waals surface area contributed by atoms with Crippen molar-refractivity contribution >= 4 is 23.0 Å². The van der Waals surface area contributed by atoms with Gasteiger partial charge in [0.25, 0.3) is 0 Å². The Kier molecular flexibility index (Phi) is 2.58. The first-order valence-electron chi connectivity index (χ1n) is 5.87. The molecule has 0 spiro atoms. The van der Waals surface area contributed by atoms with Gasteiger partial charge in [-0.3, -0.25) is 4.79 Å². The van der Waals surface area contributed by atoms with Crippen LogP contribution >= 0.6 is 0 Å². The minimum absolute atomic E-state index is 0.327. The van der Waals surface area contributed by atoms with Crippen LogP contribution < -0.4 is 4.90 Å². The molecule has 0 saturated carbocycles. The molecule has 7 heteroatoms. The largest absolute Gasteiger partial charge is 0.481 e. The summed E-state index contributed by atoms with van der Waals surface area (Å²) in [5.41, 5.74) is 1.38. The van der Waals surface area contributed by atoms with Gasteiger partial charge in [-0.1, -0.05) is 0 Å². The number of aromatic amines is 1. The molecule has 1 saturated heterocycles. The first-order valence-corrected chi connectivity index (χ1v) is 5.87. The number of hydrogen-bond acceptors (Lipinski definition) is 5. The number of nitrogens with zero attached hydrogens (tertiary/aromatic N) is 4. The van der Waals surface area contributed by atoms with Crippen molar-refractivity contribution in [3.63, 3.8) is 0 Å². The van der Waals surface area contributed by atoms with Crippen LogP contribution in [-0.4, -0.2) is 44.1 Å². The van der Waals surface area contributed by atoms with Gasteiger partial charge in [0.2, 0.25) is 0 Å². The molecule has 94 valence electrons. The molecule has 0 amide bonds. The average molecular weight is 247 g/mol. The van der Waals surface area contributed by atoms with E-state index in [0.29, 0.717) is 12.2 Å². The van der Waals surface area contributed by atoms with Gasteiger partial charge < -0.3 is 15.0 Å². The van der Waals surface area contributed by atoms with Crippen molar-refractivity contribution in [3.8, 4) is 0 Å². The molecule has 18 heavy (non-hydrogen) atoms. The number of rotatable bonds is 2. The Morgan fingerprint density at radius 1 is 1.44 bits per heavy atom. The zero-order valence-electron chi connectivity index (χ0n) is 9.70. The van der Waals surface area contributed by atoms with E-state index >= 15 is 0 Å². The molecule has 2 aromatic rings. The lowest BCUT2D eigenvalue weighted by atomic mass is 9.98. The summed E-state index contributed by atoms with van der Waals surface area (Å²) >= 11 is 0. The van der Waals surface area contributed by atoms with Gasteiger partial charge in [-0.15, -0.1) is 0 Å². The van der Waals surface area contributed by atoms with Crippen LogP contribution in [0.2, 0.25) is 0 Å². The number of nitrogens with one attached hydrogen (secondary N) is 1. The Labute approximate surface area is 103 Å². The predicted molar refractivity (Wildman–Crippen MR) is 64.3 cm³/mol. The molecular formula is C11H13N5O2. The molecule has 2 N–H and O–H groups in total. The molecule has 3 rings (SSSR count). The van der Waals surface area contributed by atoms with Crippen molar-refractivity contribution in [2.45, 2.75) is 12.8 Å². The second-order valence-corrected chi connectivity index (χ2v) is 4.42. The Balaban J connectivity index is 1.94. The molecular weight excluding hydrogens is 234 g/mol. The lowest BCUT2D eigenvalue weighted by molar-refractivity contribution is -0.141. The van der Waals surface area contributed by atoms with E-state index in [-0.39, 0.29) is 5.92 Å². The van der Waals surface area contributed by atoms with Crippen LogP contribution in [0.25, 0.3) is 11.2 Å². The second-order valence-electron chi connectivity index (χ2n) is 4.42. The lowest BCUT2D eigenvalue weighted by Crippen LogP contribution is -2.39. The molecule has 2 aromatic heterocycles. The molecule has 1 aliphatic heterocycles. The van der Waals surface area contributed by atoms with Gasteiger partial charge in [0.1, 0.15) is 11.8 Å². The Hall–Kier alpha value is -2.18. The highest BCUT2D eigenvalue weighted by Crippen LogP contribution is 2.25. The van der Waals surface area contributed by atoms with E-state index in [0.717, 1.165) is 30.7 Å². The number of aliphatic carboxylic acids is 1. The Morgan fingerprint density at radius 2 is 2.33 bits per heavy atom. The molecule has 0 bridgehead atoms. The van der Waals surface area contributed by atoms with E-state index in [1.165, 1.54) is 6.33 Å². The SMILES string of the molecule is O=C(O)[C@H]1CCCN(c2ncnc3nc[nH]c23)C1. The van der Waals surface area contributed by atoms with Crippen molar-refractivity contribution in [2.75, 3.05) is 18.0 Å². The lowest BCUT2D eigenvalue weighted by Gasteiger charge is -2.31. The Morgan fingerprint density at radius 3 is 3.17 bits per heavy atom. The summed E-state index contributed by atoms with van der Waals surface area (Å²) in [6, 6.07) is 0. The quantitative estimate of drug-likeness (QED) is 0.809. The summed E-state index contributed by atoms with van der Waals surface area (Å²) in [5.74, 6) is -0.329. The fourth-order valence-electron chi connectivity index (χ4n) is 2.36. The second kappa shape index (κ2) is 4.25. The summed E-state index contributed by atoms with van der Waals surface area (Å²) in [6.45, 7) is 1.30. The monoisotopic (exact) mass is 247 g/mol. The average Bonchev–Trinajstić information content (AvgIpc) is 2.87. The van der Waals surface area contributed by atoms with Crippen molar-refractivity contribution in [1.29, 1.82) is 0 Å². The fourth-order valence-corrected chi connectivity index (χ4v) is 2.36. The minimum Gasteiger partial charge on any atom is -0.481 e. The van der Waals surface area contributed by atoms with Crippen LogP contribution in [0.5, 0.6) is 0 Å². The van der Waals surface area contributed by atoms with Gasteiger partial charge in [-0.25, -0.2) is 15.0 Å². The number of aromatic nitrogens is 4. The summed E-state index contributed by atoms with van der Waals surface area (Å²) in [4.78, 5) is 28.4. The summed E-state index contributed by atoms with van der Waals surface area (Å²) in [7, 11) is 0. The van der Waals surface area contributed by atoms with Gasteiger partial charge in [0, 0.05) is 13.1 Å². The van der Waals surface area contributed by atoms with Crippen LogP contribution in [0.15, 0.2) is 12.7 Å². The molecule has 1 atom stereocenters. The first-order chi connectivity index (χ1) is 8.75.